The highest BCUT2D eigenvalue weighted by Crippen LogP contribution is 2.38. The van der Waals surface area contributed by atoms with E-state index in [0.717, 1.165) is 17.5 Å². The van der Waals surface area contributed by atoms with Crippen LogP contribution in [0, 0.1) is 16.0 Å². The van der Waals surface area contributed by atoms with Crippen molar-refractivity contribution in [3.05, 3.63) is 69.3 Å². The standard InChI is InChI=1S/C20H23NO4/c1-13(2)10-15-4-6-16(7-5-15)20(14(3)21(22)23)17-8-9-18-19(11-17)25-12-24-18/h4-9,11,13-14,20H,10,12H2,1-3H3. The summed E-state index contributed by atoms with van der Waals surface area (Å²) in [7, 11) is 0. The molecule has 0 saturated heterocycles. The normalized spacial score (nSPS) is 15.2. The molecule has 2 unspecified atom stereocenters. The molecule has 25 heavy (non-hydrogen) atoms. The summed E-state index contributed by atoms with van der Waals surface area (Å²) in [5.74, 6) is 1.57. The van der Waals surface area contributed by atoms with Gasteiger partial charge in [0.2, 0.25) is 12.8 Å². The molecule has 132 valence electrons. The minimum atomic E-state index is -0.740. The van der Waals surface area contributed by atoms with E-state index in [0.29, 0.717) is 17.4 Å². The Labute approximate surface area is 147 Å². The third-order valence-electron chi connectivity index (χ3n) is 4.55. The molecule has 1 aliphatic rings. The summed E-state index contributed by atoms with van der Waals surface area (Å²) in [4.78, 5) is 11.3. The maximum Gasteiger partial charge on any atom is 0.231 e. The Morgan fingerprint density at radius 3 is 2.28 bits per heavy atom. The van der Waals surface area contributed by atoms with Gasteiger partial charge in [-0.3, -0.25) is 10.1 Å². The quantitative estimate of drug-likeness (QED) is 0.577. The van der Waals surface area contributed by atoms with Crippen molar-refractivity contribution in [3.8, 4) is 11.5 Å². The zero-order valence-corrected chi connectivity index (χ0v) is 14.8. The van der Waals surface area contributed by atoms with Crippen molar-refractivity contribution in [3.63, 3.8) is 0 Å². The second-order valence-corrected chi connectivity index (χ2v) is 6.96. The summed E-state index contributed by atoms with van der Waals surface area (Å²) in [6.45, 7) is 6.20. The van der Waals surface area contributed by atoms with Crippen LogP contribution >= 0.6 is 0 Å². The highest BCUT2D eigenvalue weighted by molar-refractivity contribution is 5.48. The zero-order valence-electron chi connectivity index (χ0n) is 14.8. The first-order valence-corrected chi connectivity index (χ1v) is 8.57. The lowest BCUT2D eigenvalue weighted by molar-refractivity contribution is -0.520. The van der Waals surface area contributed by atoms with Gasteiger partial charge in [-0.2, -0.15) is 0 Å². The number of hydrogen-bond donors (Lipinski definition) is 0. The number of fused-ring (bicyclic) bond motifs is 1. The van der Waals surface area contributed by atoms with Crippen molar-refractivity contribution >= 4 is 0 Å². The fourth-order valence-corrected chi connectivity index (χ4v) is 3.31. The van der Waals surface area contributed by atoms with E-state index < -0.39 is 6.04 Å². The molecule has 2 aromatic carbocycles. The first kappa shape index (κ1) is 17.3. The van der Waals surface area contributed by atoms with Crippen LogP contribution in [0.2, 0.25) is 0 Å². The lowest BCUT2D eigenvalue weighted by Gasteiger charge is -2.20. The predicted octanol–water partition coefficient (Wildman–Crippen LogP) is 4.41. The molecule has 0 fully saturated rings. The van der Waals surface area contributed by atoms with Gasteiger partial charge in [-0.15, -0.1) is 0 Å². The monoisotopic (exact) mass is 341 g/mol. The number of nitro groups is 1. The molecule has 0 radical (unpaired) electrons. The molecule has 0 aromatic heterocycles. The van der Waals surface area contributed by atoms with E-state index >= 15 is 0 Å². The highest BCUT2D eigenvalue weighted by Gasteiger charge is 2.31. The maximum atomic E-state index is 11.5. The Morgan fingerprint density at radius 2 is 1.64 bits per heavy atom. The Bertz CT molecular complexity index is 755. The summed E-state index contributed by atoms with van der Waals surface area (Å²) < 4.78 is 10.8. The Balaban J connectivity index is 1.96. The van der Waals surface area contributed by atoms with Gasteiger partial charge in [-0.1, -0.05) is 44.2 Å². The van der Waals surface area contributed by atoms with Crippen LogP contribution in [0.5, 0.6) is 11.5 Å². The van der Waals surface area contributed by atoms with E-state index in [9.17, 15) is 10.1 Å². The van der Waals surface area contributed by atoms with E-state index in [2.05, 4.69) is 26.0 Å². The molecule has 0 saturated carbocycles. The molecule has 5 nitrogen and oxygen atoms in total. The second-order valence-electron chi connectivity index (χ2n) is 6.96. The van der Waals surface area contributed by atoms with Crippen LogP contribution < -0.4 is 9.47 Å². The van der Waals surface area contributed by atoms with Crippen LogP contribution in [0.4, 0.5) is 0 Å². The summed E-state index contributed by atoms with van der Waals surface area (Å²) >= 11 is 0. The second kappa shape index (κ2) is 7.13. The van der Waals surface area contributed by atoms with Crippen molar-refractivity contribution in [2.75, 3.05) is 6.79 Å². The molecule has 2 aromatic rings. The van der Waals surface area contributed by atoms with E-state index in [-0.39, 0.29) is 17.6 Å². The van der Waals surface area contributed by atoms with Crippen LogP contribution in [0.1, 0.15) is 43.4 Å². The Hall–Kier alpha value is -2.56. The van der Waals surface area contributed by atoms with Gasteiger partial charge in [0.15, 0.2) is 11.5 Å². The van der Waals surface area contributed by atoms with Gasteiger partial charge >= 0.3 is 0 Å². The molecule has 0 spiro atoms. The number of benzene rings is 2. The van der Waals surface area contributed by atoms with Crippen LogP contribution in [0.3, 0.4) is 0 Å². The molecule has 5 heteroatoms. The summed E-state index contributed by atoms with van der Waals surface area (Å²) in [5.41, 5.74) is 3.05. The van der Waals surface area contributed by atoms with Gasteiger partial charge < -0.3 is 9.47 Å². The minimum absolute atomic E-state index is 0.193. The van der Waals surface area contributed by atoms with Crippen molar-refractivity contribution in [2.24, 2.45) is 5.92 Å². The molecular weight excluding hydrogens is 318 g/mol. The van der Waals surface area contributed by atoms with Crippen molar-refractivity contribution in [2.45, 2.75) is 39.2 Å². The Morgan fingerprint density at radius 1 is 1.00 bits per heavy atom. The zero-order chi connectivity index (χ0) is 18.0. The van der Waals surface area contributed by atoms with Crippen LogP contribution in [-0.2, 0) is 6.42 Å². The van der Waals surface area contributed by atoms with Crippen molar-refractivity contribution < 1.29 is 14.4 Å². The van der Waals surface area contributed by atoms with E-state index in [1.165, 1.54) is 5.56 Å². The van der Waals surface area contributed by atoms with Crippen LogP contribution in [0.25, 0.3) is 0 Å². The number of nitrogens with zero attached hydrogens (tertiary/aromatic N) is 1. The molecule has 3 rings (SSSR count). The SMILES string of the molecule is CC(C)Cc1ccc(C(c2ccc3c(c2)OCO3)C(C)[N+](=O)[O-])cc1. The molecule has 0 bridgehead atoms. The van der Waals surface area contributed by atoms with Crippen molar-refractivity contribution in [1.82, 2.24) is 0 Å². The largest absolute Gasteiger partial charge is 0.454 e. The minimum Gasteiger partial charge on any atom is -0.454 e. The third kappa shape index (κ3) is 3.76. The van der Waals surface area contributed by atoms with Gasteiger partial charge in [0.05, 0.1) is 5.92 Å². The third-order valence-corrected chi connectivity index (χ3v) is 4.55. The molecule has 1 aliphatic heterocycles. The van der Waals surface area contributed by atoms with Gasteiger partial charge in [0.1, 0.15) is 0 Å². The molecule has 2 atom stereocenters. The molecule has 0 N–H and O–H groups in total. The Kier molecular flexibility index (Phi) is 4.93. The molecule has 0 aliphatic carbocycles. The van der Waals surface area contributed by atoms with E-state index in [1.807, 2.05) is 30.3 Å². The van der Waals surface area contributed by atoms with E-state index in [1.54, 1.807) is 6.92 Å². The number of hydrogen-bond acceptors (Lipinski definition) is 4. The highest BCUT2D eigenvalue weighted by atomic mass is 16.7. The van der Waals surface area contributed by atoms with Crippen LogP contribution in [0.15, 0.2) is 42.5 Å². The fourth-order valence-electron chi connectivity index (χ4n) is 3.31. The fraction of sp³-hybridized carbons (Fsp3) is 0.400. The van der Waals surface area contributed by atoms with Crippen LogP contribution in [-0.4, -0.2) is 17.8 Å². The first-order valence-electron chi connectivity index (χ1n) is 8.57. The van der Waals surface area contributed by atoms with Gasteiger partial charge in [0.25, 0.3) is 0 Å². The van der Waals surface area contributed by atoms with Crippen molar-refractivity contribution in [1.29, 1.82) is 0 Å². The van der Waals surface area contributed by atoms with E-state index in [4.69, 9.17) is 9.47 Å². The lowest BCUT2D eigenvalue weighted by atomic mass is 9.85. The van der Waals surface area contributed by atoms with Gasteiger partial charge in [-0.25, -0.2) is 0 Å². The molecule has 1 heterocycles. The smallest absolute Gasteiger partial charge is 0.231 e. The first-order chi connectivity index (χ1) is 12.0. The maximum absolute atomic E-state index is 11.5. The average molecular weight is 341 g/mol. The summed E-state index contributed by atoms with van der Waals surface area (Å²) in [6, 6.07) is 13.0. The topological polar surface area (TPSA) is 61.6 Å². The van der Waals surface area contributed by atoms with Gasteiger partial charge in [-0.05, 0) is 41.2 Å². The summed E-state index contributed by atoms with van der Waals surface area (Å²) in [6.07, 6.45) is 1.000. The lowest BCUT2D eigenvalue weighted by Crippen LogP contribution is -2.25. The molecular formula is C20H23NO4. The summed E-state index contributed by atoms with van der Waals surface area (Å²) in [5, 5.41) is 11.5. The number of ether oxygens (including phenoxy) is 2. The van der Waals surface area contributed by atoms with Gasteiger partial charge in [0, 0.05) is 11.8 Å². The average Bonchev–Trinajstić information content (AvgIpc) is 3.03. The molecule has 0 amide bonds. The number of rotatable bonds is 6. The predicted molar refractivity (Wildman–Crippen MR) is 95.8 cm³/mol.